The minimum absolute atomic E-state index is 0.464. The molecule has 2 N–H and O–H groups in total. The van der Waals surface area contributed by atoms with Gasteiger partial charge in [0.1, 0.15) is 0 Å². The summed E-state index contributed by atoms with van der Waals surface area (Å²) in [5, 5.41) is 1.07. The van der Waals surface area contributed by atoms with E-state index in [0.29, 0.717) is 15.7 Å². The molecule has 16 heavy (non-hydrogen) atoms. The fourth-order valence-electron chi connectivity index (χ4n) is 1.65. The highest BCUT2D eigenvalue weighted by Gasteiger charge is 2.07. The summed E-state index contributed by atoms with van der Waals surface area (Å²) in [6.45, 7) is 7.29. The Morgan fingerprint density at radius 3 is 2.19 bits per heavy atom. The van der Waals surface area contributed by atoms with E-state index < -0.39 is 0 Å². The van der Waals surface area contributed by atoms with Crippen molar-refractivity contribution in [1.82, 2.24) is 4.90 Å². The van der Waals surface area contributed by atoms with Gasteiger partial charge in [0.15, 0.2) is 0 Å². The molecule has 0 radical (unpaired) electrons. The lowest BCUT2D eigenvalue weighted by atomic mass is 10.2. The fourth-order valence-corrected chi connectivity index (χ4v) is 2.18. The van der Waals surface area contributed by atoms with Crippen LogP contribution in [0.15, 0.2) is 12.1 Å². The maximum Gasteiger partial charge on any atom is 0.0693 e. The molecule has 2 nitrogen and oxygen atoms in total. The van der Waals surface area contributed by atoms with Crippen LogP contribution in [-0.2, 0) is 6.54 Å². The van der Waals surface area contributed by atoms with Crippen molar-refractivity contribution in [3.05, 3.63) is 27.7 Å². The second kappa shape index (κ2) is 6.33. The quantitative estimate of drug-likeness (QED) is 0.817. The molecule has 1 aromatic carbocycles. The zero-order valence-electron chi connectivity index (χ0n) is 9.76. The minimum atomic E-state index is 0.464. The van der Waals surface area contributed by atoms with Crippen molar-refractivity contribution in [1.29, 1.82) is 0 Å². The van der Waals surface area contributed by atoms with E-state index in [9.17, 15) is 0 Å². The smallest absolute Gasteiger partial charge is 0.0693 e. The molecule has 0 saturated carbocycles. The first-order valence-corrected chi connectivity index (χ1v) is 6.29. The molecule has 0 amide bonds. The summed E-state index contributed by atoms with van der Waals surface area (Å²) in [7, 11) is 0. The molecule has 0 saturated heterocycles. The van der Waals surface area contributed by atoms with Gasteiger partial charge in [-0.05, 0) is 37.2 Å². The van der Waals surface area contributed by atoms with E-state index in [1.165, 1.54) is 0 Å². The van der Waals surface area contributed by atoms with Gasteiger partial charge in [0.25, 0.3) is 0 Å². The number of nitrogen functional groups attached to an aromatic ring is 1. The van der Waals surface area contributed by atoms with E-state index >= 15 is 0 Å². The molecular formula is C12H18Cl2N2. The van der Waals surface area contributed by atoms with E-state index in [0.717, 1.165) is 31.6 Å². The Bertz CT molecular complexity index is 330. The van der Waals surface area contributed by atoms with Gasteiger partial charge in [-0.2, -0.15) is 0 Å². The number of nitrogens with two attached hydrogens (primary N) is 1. The van der Waals surface area contributed by atoms with Crippen molar-refractivity contribution in [3.8, 4) is 0 Å². The maximum absolute atomic E-state index is 5.99. The Balaban J connectivity index is 2.80. The maximum atomic E-state index is 5.99. The summed E-state index contributed by atoms with van der Waals surface area (Å²) in [6.07, 6.45) is 1.14. The Labute approximate surface area is 107 Å². The Morgan fingerprint density at radius 1 is 1.19 bits per heavy atom. The van der Waals surface area contributed by atoms with Gasteiger partial charge >= 0.3 is 0 Å². The zero-order chi connectivity index (χ0) is 12.1. The molecule has 0 aliphatic heterocycles. The highest BCUT2D eigenvalue weighted by molar-refractivity contribution is 6.38. The molecule has 0 fully saturated rings. The fraction of sp³-hybridized carbons (Fsp3) is 0.500. The number of rotatable bonds is 5. The highest BCUT2D eigenvalue weighted by Crippen LogP contribution is 2.29. The van der Waals surface area contributed by atoms with Gasteiger partial charge in [-0.25, -0.2) is 0 Å². The first kappa shape index (κ1) is 13.6. The van der Waals surface area contributed by atoms with Crippen molar-refractivity contribution in [2.45, 2.75) is 26.8 Å². The predicted molar refractivity (Wildman–Crippen MR) is 72.1 cm³/mol. The van der Waals surface area contributed by atoms with Gasteiger partial charge in [-0.1, -0.05) is 37.0 Å². The minimum Gasteiger partial charge on any atom is -0.396 e. The molecule has 0 bridgehead atoms. The highest BCUT2D eigenvalue weighted by atomic mass is 35.5. The number of anilines is 1. The van der Waals surface area contributed by atoms with Gasteiger partial charge in [-0.15, -0.1) is 0 Å². The third-order valence-corrected chi connectivity index (χ3v) is 3.16. The Morgan fingerprint density at radius 2 is 1.75 bits per heavy atom. The van der Waals surface area contributed by atoms with Crippen molar-refractivity contribution in [2.24, 2.45) is 0 Å². The van der Waals surface area contributed by atoms with Crippen molar-refractivity contribution >= 4 is 28.9 Å². The average Bonchev–Trinajstić information content (AvgIpc) is 2.25. The second-order valence-corrected chi connectivity index (χ2v) is 4.66. The summed E-state index contributed by atoms with van der Waals surface area (Å²) in [5.74, 6) is 0. The Kier molecular flexibility index (Phi) is 5.39. The van der Waals surface area contributed by atoms with Crippen LogP contribution in [-0.4, -0.2) is 18.0 Å². The van der Waals surface area contributed by atoms with E-state index in [-0.39, 0.29) is 0 Å². The van der Waals surface area contributed by atoms with E-state index in [2.05, 4.69) is 18.7 Å². The monoisotopic (exact) mass is 260 g/mol. The molecule has 0 atom stereocenters. The van der Waals surface area contributed by atoms with Crippen molar-refractivity contribution in [3.63, 3.8) is 0 Å². The zero-order valence-corrected chi connectivity index (χ0v) is 11.3. The molecule has 1 rings (SSSR count). The number of nitrogens with zero attached hydrogens (tertiary/aromatic N) is 1. The van der Waals surface area contributed by atoms with E-state index in [1.54, 1.807) is 0 Å². The van der Waals surface area contributed by atoms with Gasteiger partial charge in [0.05, 0.1) is 15.7 Å². The molecule has 90 valence electrons. The lowest BCUT2D eigenvalue weighted by Gasteiger charge is -2.20. The summed E-state index contributed by atoms with van der Waals surface area (Å²) in [5.41, 5.74) is 7.27. The van der Waals surface area contributed by atoms with Crippen LogP contribution in [0.2, 0.25) is 10.0 Å². The van der Waals surface area contributed by atoms with E-state index in [4.69, 9.17) is 28.9 Å². The molecule has 0 unspecified atom stereocenters. The SMILES string of the molecule is CCCN(CC)Cc1cc(Cl)c(N)c(Cl)c1. The van der Waals surface area contributed by atoms with Gasteiger partial charge in [0.2, 0.25) is 0 Å². The third-order valence-electron chi connectivity index (χ3n) is 2.53. The topological polar surface area (TPSA) is 29.3 Å². The van der Waals surface area contributed by atoms with Crippen LogP contribution < -0.4 is 5.73 Å². The molecule has 0 aliphatic rings. The van der Waals surface area contributed by atoms with Crippen molar-refractivity contribution in [2.75, 3.05) is 18.8 Å². The lowest BCUT2D eigenvalue weighted by molar-refractivity contribution is 0.280. The first-order valence-electron chi connectivity index (χ1n) is 5.54. The summed E-state index contributed by atoms with van der Waals surface area (Å²) in [4.78, 5) is 2.35. The van der Waals surface area contributed by atoms with Crippen molar-refractivity contribution < 1.29 is 0 Å². The van der Waals surface area contributed by atoms with Gasteiger partial charge < -0.3 is 5.73 Å². The van der Waals surface area contributed by atoms with E-state index in [1.807, 2.05) is 12.1 Å². The number of hydrogen-bond donors (Lipinski definition) is 1. The van der Waals surface area contributed by atoms with Crippen LogP contribution in [0.4, 0.5) is 5.69 Å². The van der Waals surface area contributed by atoms with Crippen LogP contribution in [0.25, 0.3) is 0 Å². The average molecular weight is 261 g/mol. The summed E-state index contributed by atoms with van der Waals surface area (Å²) < 4.78 is 0. The molecule has 4 heteroatoms. The van der Waals surface area contributed by atoms with Gasteiger partial charge in [0, 0.05) is 6.54 Å². The van der Waals surface area contributed by atoms with Crippen LogP contribution in [0.3, 0.4) is 0 Å². The third kappa shape index (κ3) is 3.55. The molecule has 0 aliphatic carbocycles. The number of hydrogen-bond acceptors (Lipinski definition) is 2. The molecular weight excluding hydrogens is 243 g/mol. The largest absolute Gasteiger partial charge is 0.396 e. The van der Waals surface area contributed by atoms with Crippen LogP contribution in [0.1, 0.15) is 25.8 Å². The number of benzene rings is 1. The molecule has 1 aromatic rings. The predicted octanol–water partition coefficient (Wildman–Crippen LogP) is 3.81. The Hall–Kier alpha value is -0.440. The lowest BCUT2D eigenvalue weighted by Crippen LogP contribution is -2.23. The molecule has 0 aromatic heterocycles. The van der Waals surface area contributed by atoms with Crippen LogP contribution in [0, 0.1) is 0 Å². The summed E-state index contributed by atoms with van der Waals surface area (Å²) in [6, 6.07) is 3.78. The standard InChI is InChI=1S/C12H18Cl2N2/c1-3-5-16(4-2)8-9-6-10(13)12(15)11(14)7-9/h6-7H,3-5,8,15H2,1-2H3. The second-order valence-electron chi connectivity index (χ2n) is 3.84. The molecule has 0 heterocycles. The summed E-state index contributed by atoms with van der Waals surface area (Å²) >= 11 is 12.0. The van der Waals surface area contributed by atoms with Crippen LogP contribution >= 0.6 is 23.2 Å². The normalized spacial score (nSPS) is 11.1. The van der Waals surface area contributed by atoms with Crippen LogP contribution in [0.5, 0.6) is 0 Å². The van der Waals surface area contributed by atoms with Gasteiger partial charge in [-0.3, -0.25) is 4.90 Å². The number of halogens is 2. The molecule has 0 spiro atoms. The first-order chi connectivity index (χ1) is 7.58.